The van der Waals surface area contributed by atoms with Crippen molar-refractivity contribution in [2.24, 2.45) is 0 Å². The first-order valence-corrected chi connectivity index (χ1v) is 17.9. The molecule has 2 aromatic heterocycles. The first kappa shape index (κ1) is 29.5. The predicted molar refractivity (Wildman–Crippen MR) is 220 cm³/mol. The molecule has 53 heavy (non-hydrogen) atoms. The molecular formula is C49H30N4. The molecule has 11 aromatic rings. The second-order valence-electron chi connectivity index (χ2n) is 13.6. The van der Waals surface area contributed by atoms with E-state index in [-0.39, 0.29) is 0 Å². The van der Waals surface area contributed by atoms with Crippen molar-refractivity contribution in [3.63, 3.8) is 0 Å². The highest BCUT2D eigenvalue weighted by atomic mass is 15.0. The molecule has 0 aliphatic rings. The topological polar surface area (TPSA) is 43.6 Å². The Morgan fingerprint density at radius 3 is 1.30 bits per heavy atom. The van der Waals surface area contributed by atoms with Crippen molar-refractivity contribution < 1.29 is 0 Å². The monoisotopic (exact) mass is 674 g/mol. The summed E-state index contributed by atoms with van der Waals surface area (Å²) in [6.07, 6.45) is 0. The molecule has 4 nitrogen and oxygen atoms in total. The van der Waals surface area contributed by atoms with Crippen molar-refractivity contribution in [1.29, 1.82) is 0 Å². The van der Waals surface area contributed by atoms with Gasteiger partial charge in [0.2, 0.25) is 0 Å². The van der Waals surface area contributed by atoms with Crippen LogP contribution in [0.3, 0.4) is 0 Å². The van der Waals surface area contributed by atoms with Crippen LogP contribution in [0.4, 0.5) is 0 Å². The molecule has 11 rings (SSSR count). The molecule has 0 aliphatic carbocycles. The first-order valence-electron chi connectivity index (χ1n) is 17.9. The van der Waals surface area contributed by atoms with Crippen molar-refractivity contribution in [2.45, 2.75) is 0 Å². The lowest BCUT2D eigenvalue weighted by atomic mass is 9.92. The van der Waals surface area contributed by atoms with E-state index in [1.54, 1.807) is 0 Å². The lowest BCUT2D eigenvalue weighted by Gasteiger charge is -2.12. The van der Waals surface area contributed by atoms with Crippen molar-refractivity contribution in [3.8, 4) is 51.0 Å². The Balaban J connectivity index is 1.07. The normalized spacial score (nSPS) is 11.8. The summed E-state index contributed by atoms with van der Waals surface area (Å²) in [4.78, 5) is 14.9. The van der Waals surface area contributed by atoms with Gasteiger partial charge in [0, 0.05) is 33.2 Å². The molecule has 0 N–H and O–H groups in total. The fourth-order valence-corrected chi connectivity index (χ4v) is 8.12. The Labute approximate surface area is 305 Å². The van der Waals surface area contributed by atoms with Crippen LogP contribution in [0, 0.1) is 0 Å². The molecule has 0 saturated carbocycles. The van der Waals surface area contributed by atoms with E-state index in [4.69, 9.17) is 15.0 Å². The molecule has 0 saturated heterocycles. The van der Waals surface area contributed by atoms with Crippen LogP contribution in [0.2, 0.25) is 0 Å². The number of rotatable bonds is 5. The SMILES string of the molecule is c1ccc(-c2nc(-c3ccccc3)nc(-c3cccc(-c4cccc(-n5c6cccc7c8cc9ccccc9cc8c8cccc5c8c76)c4)c3)n2)cc1. The van der Waals surface area contributed by atoms with E-state index in [1.165, 1.54) is 54.1 Å². The zero-order valence-electron chi connectivity index (χ0n) is 28.6. The fraction of sp³-hybridized carbons (Fsp3) is 0. The number of hydrogen-bond donors (Lipinski definition) is 0. The summed E-state index contributed by atoms with van der Waals surface area (Å²) >= 11 is 0. The Hall–Kier alpha value is -7.17. The van der Waals surface area contributed by atoms with Gasteiger partial charge in [0.1, 0.15) is 0 Å². The average Bonchev–Trinajstić information content (AvgIpc) is 3.58. The van der Waals surface area contributed by atoms with Gasteiger partial charge in [-0.3, -0.25) is 0 Å². The number of fused-ring (bicyclic) bond motifs is 4. The van der Waals surface area contributed by atoms with E-state index < -0.39 is 0 Å². The van der Waals surface area contributed by atoms with Gasteiger partial charge >= 0.3 is 0 Å². The van der Waals surface area contributed by atoms with Gasteiger partial charge in [0.15, 0.2) is 17.5 Å². The quantitative estimate of drug-likeness (QED) is 0.135. The zero-order chi connectivity index (χ0) is 34.9. The minimum atomic E-state index is 0.642. The summed E-state index contributed by atoms with van der Waals surface area (Å²) < 4.78 is 2.43. The molecule has 0 radical (unpaired) electrons. The van der Waals surface area contributed by atoms with Crippen LogP contribution in [0.15, 0.2) is 182 Å². The average molecular weight is 675 g/mol. The van der Waals surface area contributed by atoms with Gasteiger partial charge < -0.3 is 4.57 Å². The third-order valence-electron chi connectivity index (χ3n) is 10.5. The van der Waals surface area contributed by atoms with Gasteiger partial charge in [-0.05, 0) is 85.9 Å². The highest BCUT2D eigenvalue weighted by molar-refractivity contribution is 6.35. The maximum absolute atomic E-state index is 4.99. The smallest absolute Gasteiger partial charge is 0.164 e. The molecule has 0 amide bonds. The fourth-order valence-electron chi connectivity index (χ4n) is 8.12. The van der Waals surface area contributed by atoms with Crippen molar-refractivity contribution in [1.82, 2.24) is 19.5 Å². The summed E-state index contributed by atoms with van der Waals surface area (Å²) in [6.45, 7) is 0. The summed E-state index contributed by atoms with van der Waals surface area (Å²) in [6, 6.07) is 64.5. The van der Waals surface area contributed by atoms with E-state index in [0.29, 0.717) is 17.5 Å². The first-order chi connectivity index (χ1) is 26.3. The zero-order valence-corrected chi connectivity index (χ0v) is 28.6. The Morgan fingerprint density at radius 1 is 0.302 bits per heavy atom. The lowest BCUT2D eigenvalue weighted by Crippen LogP contribution is -2.00. The molecule has 0 unspecified atom stereocenters. The minimum absolute atomic E-state index is 0.642. The highest BCUT2D eigenvalue weighted by Crippen LogP contribution is 2.44. The highest BCUT2D eigenvalue weighted by Gasteiger charge is 2.20. The number of nitrogens with zero attached hydrogens (tertiary/aromatic N) is 4. The largest absolute Gasteiger partial charge is 0.309 e. The van der Waals surface area contributed by atoms with Crippen LogP contribution in [0.25, 0.3) is 105 Å². The number of hydrogen-bond acceptors (Lipinski definition) is 3. The van der Waals surface area contributed by atoms with Gasteiger partial charge in [0.05, 0.1) is 11.0 Å². The summed E-state index contributed by atoms with van der Waals surface area (Å²) in [5.41, 5.74) is 8.60. The molecule has 4 heteroatoms. The molecule has 0 spiro atoms. The van der Waals surface area contributed by atoms with Crippen LogP contribution >= 0.6 is 0 Å². The molecule has 2 heterocycles. The van der Waals surface area contributed by atoms with Gasteiger partial charge in [-0.2, -0.15) is 0 Å². The van der Waals surface area contributed by atoms with Crippen LogP contribution < -0.4 is 0 Å². The maximum Gasteiger partial charge on any atom is 0.164 e. The maximum atomic E-state index is 4.99. The van der Waals surface area contributed by atoms with E-state index in [2.05, 4.69) is 126 Å². The van der Waals surface area contributed by atoms with Crippen molar-refractivity contribution in [3.05, 3.63) is 182 Å². The second-order valence-corrected chi connectivity index (χ2v) is 13.6. The van der Waals surface area contributed by atoms with Crippen LogP contribution in [-0.2, 0) is 0 Å². The van der Waals surface area contributed by atoms with E-state index >= 15 is 0 Å². The number of benzene rings is 9. The van der Waals surface area contributed by atoms with Crippen molar-refractivity contribution in [2.75, 3.05) is 0 Å². The van der Waals surface area contributed by atoms with E-state index in [9.17, 15) is 0 Å². The standard InChI is InChI=1S/C49H30N4/c1-3-13-31(14-4-1)47-50-48(32-15-5-2-6-16-32)52-49(51-47)37-21-9-19-33(27-37)34-20-10-22-38(28-34)53-43-25-11-23-39-41-29-35-17-7-8-18-36(35)30-42(41)40-24-12-26-44(53)46(40)45(39)43/h1-30H. The molecule has 9 aromatic carbocycles. The molecular weight excluding hydrogens is 645 g/mol. The van der Waals surface area contributed by atoms with Gasteiger partial charge in [-0.15, -0.1) is 0 Å². The molecule has 246 valence electrons. The van der Waals surface area contributed by atoms with Crippen LogP contribution in [0.1, 0.15) is 0 Å². The third kappa shape index (κ3) is 4.73. The molecule has 0 aliphatic heterocycles. The third-order valence-corrected chi connectivity index (χ3v) is 10.5. The minimum Gasteiger partial charge on any atom is -0.309 e. The van der Waals surface area contributed by atoms with Gasteiger partial charge in [-0.25, -0.2) is 15.0 Å². The van der Waals surface area contributed by atoms with Gasteiger partial charge in [-0.1, -0.05) is 140 Å². The van der Waals surface area contributed by atoms with Crippen LogP contribution in [-0.4, -0.2) is 19.5 Å². The molecule has 0 bridgehead atoms. The van der Waals surface area contributed by atoms with E-state index in [0.717, 1.165) is 33.5 Å². The number of aromatic nitrogens is 4. The van der Waals surface area contributed by atoms with E-state index in [1.807, 2.05) is 60.7 Å². The molecule has 0 atom stereocenters. The Kier molecular flexibility index (Phi) is 6.52. The predicted octanol–water partition coefficient (Wildman–Crippen LogP) is 12.5. The van der Waals surface area contributed by atoms with Crippen LogP contribution in [0.5, 0.6) is 0 Å². The Bertz CT molecular complexity index is 3000. The summed E-state index contributed by atoms with van der Waals surface area (Å²) in [5.74, 6) is 1.95. The summed E-state index contributed by atoms with van der Waals surface area (Å²) in [7, 11) is 0. The van der Waals surface area contributed by atoms with Gasteiger partial charge in [0.25, 0.3) is 0 Å². The van der Waals surface area contributed by atoms with Crippen molar-refractivity contribution >= 4 is 54.1 Å². The molecule has 0 fully saturated rings. The lowest BCUT2D eigenvalue weighted by molar-refractivity contribution is 1.07. The second kappa shape index (κ2) is 11.7. The Morgan fingerprint density at radius 2 is 0.736 bits per heavy atom. The summed E-state index contributed by atoms with van der Waals surface area (Å²) in [5, 5.41) is 10.3.